The van der Waals surface area contributed by atoms with Gasteiger partial charge in [0, 0.05) is 37.4 Å². The Morgan fingerprint density at radius 3 is 3.26 bits per heavy atom. The summed E-state index contributed by atoms with van der Waals surface area (Å²) in [4.78, 5) is 6.69. The second-order valence-corrected chi connectivity index (χ2v) is 5.77. The molecule has 1 aromatic heterocycles. The molecule has 0 aromatic carbocycles. The summed E-state index contributed by atoms with van der Waals surface area (Å²) >= 11 is 0. The fourth-order valence-electron chi connectivity index (χ4n) is 3.12. The van der Waals surface area contributed by atoms with Crippen LogP contribution >= 0.6 is 0 Å². The third-order valence-corrected chi connectivity index (χ3v) is 4.20. The first kappa shape index (κ1) is 13.1. The van der Waals surface area contributed by atoms with Crippen LogP contribution in [0.5, 0.6) is 0 Å². The molecule has 1 N–H and O–H groups in total. The highest BCUT2D eigenvalue weighted by molar-refractivity contribution is 5.08. The van der Waals surface area contributed by atoms with E-state index in [1.54, 1.807) is 0 Å². The lowest BCUT2D eigenvalue weighted by atomic mass is 9.96. The van der Waals surface area contributed by atoms with Crippen molar-refractivity contribution in [1.82, 2.24) is 19.8 Å². The van der Waals surface area contributed by atoms with Crippen molar-refractivity contribution in [2.24, 2.45) is 0 Å². The molecule has 0 bridgehead atoms. The zero-order valence-electron chi connectivity index (χ0n) is 11.7. The number of ether oxygens (including phenoxy) is 1. The number of likely N-dealkylation sites (N-methyl/N-ethyl adjacent to an activating group) is 1. The first-order chi connectivity index (χ1) is 9.33. The maximum Gasteiger partial charge on any atom is 0.0949 e. The minimum atomic E-state index is 0.295. The second kappa shape index (κ2) is 6.03. The van der Waals surface area contributed by atoms with Crippen LogP contribution in [-0.4, -0.2) is 60.4 Å². The van der Waals surface area contributed by atoms with Crippen molar-refractivity contribution < 1.29 is 4.74 Å². The Morgan fingerprint density at radius 2 is 2.47 bits per heavy atom. The zero-order chi connectivity index (χ0) is 13.1. The van der Waals surface area contributed by atoms with Crippen LogP contribution in [0.15, 0.2) is 12.5 Å². The van der Waals surface area contributed by atoms with Crippen molar-refractivity contribution >= 4 is 0 Å². The summed E-state index contributed by atoms with van der Waals surface area (Å²) in [6, 6.07) is 0. The summed E-state index contributed by atoms with van der Waals surface area (Å²) < 4.78 is 8.15. The van der Waals surface area contributed by atoms with E-state index in [2.05, 4.69) is 26.8 Å². The number of imidazole rings is 1. The van der Waals surface area contributed by atoms with Gasteiger partial charge in [-0.3, -0.25) is 0 Å². The monoisotopic (exact) mass is 264 g/mol. The van der Waals surface area contributed by atoms with Gasteiger partial charge in [0.2, 0.25) is 0 Å². The summed E-state index contributed by atoms with van der Waals surface area (Å²) in [6.45, 7) is 6.06. The fourth-order valence-corrected chi connectivity index (χ4v) is 3.12. The third-order valence-electron chi connectivity index (χ3n) is 4.20. The number of nitrogens with one attached hydrogen (secondary N) is 1. The average Bonchev–Trinajstić information content (AvgIpc) is 2.88. The molecule has 3 rings (SSSR count). The average molecular weight is 264 g/mol. The van der Waals surface area contributed by atoms with Gasteiger partial charge in [-0.1, -0.05) is 0 Å². The van der Waals surface area contributed by atoms with Crippen molar-refractivity contribution in [3.05, 3.63) is 18.2 Å². The van der Waals surface area contributed by atoms with Crippen molar-refractivity contribution in [1.29, 1.82) is 0 Å². The maximum absolute atomic E-state index is 5.86. The van der Waals surface area contributed by atoms with E-state index in [-0.39, 0.29) is 0 Å². The lowest BCUT2D eigenvalue weighted by Gasteiger charge is -2.31. The van der Waals surface area contributed by atoms with Crippen molar-refractivity contribution in [2.45, 2.75) is 31.4 Å². The zero-order valence-corrected chi connectivity index (χ0v) is 11.7. The SMILES string of the molecule is CN1CCOC(Cn2cncc2C2CCCNC2)C1. The topological polar surface area (TPSA) is 42.3 Å². The van der Waals surface area contributed by atoms with Crippen LogP contribution < -0.4 is 5.32 Å². The molecule has 2 aliphatic rings. The van der Waals surface area contributed by atoms with Crippen molar-refractivity contribution in [2.75, 3.05) is 39.8 Å². The molecule has 5 nitrogen and oxygen atoms in total. The lowest BCUT2D eigenvalue weighted by Crippen LogP contribution is -2.42. The lowest BCUT2D eigenvalue weighted by molar-refractivity contribution is -0.0279. The number of morpholine rings is 1. The van der Waals surface area contributed by atoms with Crippen molar-refractivity contribution in [3.8, 4) is 0 Å². The summed E-state index contributed by atoms with van der Waals surface area (Å²) in [7, 11) is 2.16. The van der Waals surface area contributed by atoms with Gasteiger partial charge in [0.15, 0.2) is 0 Å². The van der Waals surface area contributed by atoms with E-state index in [0.717, 1.165) is 39.3 Å². The van der Waals surface area contributed by atoms with Gasteiger partial charge in [-0.25, -0.2) is 4.98 Å². The molecule has 0 saturated carbocycles. The highest BCUT2D eigenvalue weighted by Gasteiger charge is 2.22. The summed E-state index contributed by atoms with van der Waals surface area (Å²) in [5.41, 5.74) is 1.36. The van der Waals surface area contributed by atoms with E-state index in [4.69, 9.17) is 4.74 Å². The molecule has 0 radical (unpaired) electrons. The molecule has 0 aliphatic carbocycles. The number of nitrogens with zero attached hydrogens (tertiary/aromatic N) is 3. The van der Waals surface area contributed by atoms with Gasteiger partial charge in [0.1, 0.15) is 0 Å². The normalized spacial score (nSPS) is 29.5. The minimum absolute atomic E-state index is 0.295. The van der Waals surface area contributed by atoms with E-state index >= 15 is 0 Å². The largest absolute Gasteiger partial charge is 0.374 e. The van der Waals surface area contributed by atoms with Crippen LogP contribution in [0.25, 0.3) is 0 Å². The molecule has 1 aromatic rings. The maximum atomic E-state index is 5.86. The smallest absolute Gasteiger partial charge is 0.0949 e. The molecule has 2 unspecified atom stereocenters. The van der Waals surface area contributed by atoms with Gasteiger partial charge in [-0.05, 0) is 26.4 Å². The van der Waals surface area contributed by atoms with Crippen molar-refractivity contribution in [3.63, 3.8) is 0 Å². The summed E-state index contributed by atoms with van der Waals surface area (Å²) in [5, 5.41) is 3.48. The number of hydrogen-bond acceptors (Lipinski definition) is 4. The van der Waals surface area contributed by atoms with Crippen LogP contribution in [0.1, 0.15) is 24.5 Å². The predicted octanol–water partition coefficient (Wildman–Crippen LogP) is 0.681. The molecule has 19 heavy (non-hydrogen) atoms. The Balaban J connectivity index is 1.65. The quantitative estimate of drug-likeness (QED) is 0.872. The van der Waals surface area contributed by atoms with E-state index < -0.39 is 0 Å². The first-order valence-electron chi connectivity index (χ1n) is 7.34. The van der Waals surface area contributed by atoms with Gasteiger partial charge in [0.05, 0.1) is 25.6 Å². The highest BCUT2D eigenvalue weighted by Crippen LogP contribution is 2.23. The van der Waals surface area contributed by atoms with Gasteiger partial charge in [0.25, 0.3) is 0 Å². The molecule has 0 amide bonds. The number of hydrogen-bond donors (Lipinski definition) is 1. The van der Waals surface area contributed by atoms with Crippen LogP contribution in [0.2, 0.25) is 0 Å². The van der Waals surface area contributed by atoms with E-state index in [1.807, 2.05) is 12.5 Å². The number of piperidine rings is 1. The Hall–Kier alpha value is -0.910. The highest BCUT2D eigenvalue weighted by atomic mass is 16.5. The molecule has 2 saturated heterocycles. The third kappa shape index (κ3) is 3.16. The second-order valence-electron chi connectivity index (χ2n) is 5.77. The van der Waals surface area contributed by atoms with Crippen LogP contribution in [0, 0.1) is 0 Å². The molecule has 3 heterocycles. The van der Waals surface area contributed by atoms with E-state index in [0.29, 0.717) is 12.0 Å². The van der Waals surface area contributed by atoms with E-state index in [1.165, 1.54) is 18.5 Å². The Kier molecular flexibility index (Phi) is 4.15. The molecule has 2 aliphatic heterocycles. The standard InChI is InChI=1S/C14H24N4O/c1-17-5-6-19-13(9-17)10-18-11-16-8-14(18)12-3-2-4-15-7-12/h8,11-13,15H,2-7,9-10H2,1H3. The van der Waals surface area contributed by atoms with Gasteiger partial charge in [-0.15, -0.1) is 0 Å². The Labute approximate surface area is 114 Å². The fraction of sp³-hybridized carbons (Fsp3) is 0.786. The molecule has 106 valence electrons. The summed E-state index contributed by atoms with van der Waals surface area (Å²) in [5.74, 6) is 0.609. The molecule has 2 atom stereocenters. The van der Waals surface area contributed by atoms with Crippen LogP contribution in [-0.2, 0) is 11.3 Å². The predicted molar refractivity (Wildman–Crippen MR) is 74.3 cm³/mol. The Morgan fingerprint density at radius 1 is 1.53 bits per heavy atom. The molecule has 2 fully saturated rings. The van der Waals surface area contributed by atoms with Gasteiger partial charge >= 0.3 is 0 Å². The Bertz CT molecular complexity index is 400. The van der Waals surface area contributed by atoms with Gasteiger partial charge in [-0.2, -0.15) is 0 Å². The number of rotatable bonds is 3. The molecule has 0 spiro atoms. The molecular weight excluding hydrogens is 240 g/mol. The molecule has 5 heteroatoms. The summed E-state index contributed by atoms with van der Waals surface area (Å²) in [6.07, 6.45) is 6.82. The van der Waals surface area contributed by atoms with Gasteiger partial charge < -0.3 is 19.5 Å². The van der Waals surface area contributed by atoms with Crippen LogP contribution in [0.4, 0.5) is 0 Å². The van der Waals surface area contributed by atoms with Crippen LogP contribution in [0.3, 0.4) is 0 Å². The first-order valence-corrected chi connectivity index (χ1v) is 7.34. The minimum Gasteiger partial charge on any atom is -0.374 e. The van der Waals surface area contributed by atoms with E-state index in [9.17, 15) is 0 Å². The molecular formula is C14H24N4O. The number of aromatic nitrogens is 2.